The predicted molar refractivity (Wildman–Crippen MR) is 109 cm³/mol. The molecule has 7 nitrogen and oxygen atoms in total. The number of phenolic OH excluding ortho intramolecular Hbond substituents is 1. The summed E-state index contributed by atoms with van der Waals surface area (Å²) in [6.45, 7) is 5.82. The fraction of sp³-hybridized carbons (Fsp3) is 0.150. The van der Waals surface area contributed by atoms with Crippen molar-refractivity contribution in [3.8, 4) is 11.5 Å². The Morgan fingerprint density at radius 2 is 2.04 bits per heavy atom. The molecular weight excluding hydrogens is 382 g/mol. The molecule has 2 amide bonds. The van der Waals surface area contributed by atoms with Gasteiger partial charge in [-0.1, -0.05) is 29.8 Å². The number of allylic oxidation sites excluding steroid dienone is 1. The van der Waals surface area contributed by atoms with Gasteiger partial charge >= 0.3 is 11.8 Å². The van der Waals surface area contributed by atoms with Crippen molar-refractivity contribution in [2.75, 3.05) is 11.9 Å². The first kappa shape index (κ1) is 21.0. The topological polar surface area (TPSA) is 100 Å². The molecule has 0 unspecified atom stereocenters. The third kappa shape index (κ3) is 5.59. The van der Waals surface area contributed by atoms with Crippen molar-refractivity contribution in [2.45, 2.75) is 13.3 Å². The molecular formula is C20H20ClN3O4. The predicted octanol–water partition coefficient (Wildman–Crippen LogP) is 3.26. The fourth-order valence-electron chi connectivity index (χ4n) is 2.30. The minimum Gasteiger partial charge on any atom is -0.504 e. The Morgan fingerprint density at radius 1 is 1.29 bits per heavy atom. The van der Waals surface area contributed by atoms with Crippen LogP contribution in [0.2, 0.25) is 5.02 Å². The lowest BCUT2D eigenvalue weighted by molar-refractivity contribution is -0.136. The van der Waals surface area contributed by atoms with Gasteiger partial charge in [-0.3, -0.25) is 9.59 Å². The number of hydrogen-bond donors (Lipinski definition) is 3. The first-order valence-electron chi connectivity index (χ1n) is 8.44. The third-order valence-electron chi connectivity index (χ3n) is 3.55. The van der Waals surface area contributed by atoms with Gasteiger partial charge in [-0.15, -0.1) is 6.58 Å². The van der Waals surface area contributed by atoms with Crippen LogP contribution in [0.1, 0.15) is 18.1 Å². The number of hydrogen-bond acceptors (Lipinski definition) is 5. The molecule has 0 fully saturated rings. The van der Waals surface area contributed by atoms with Gasteiger partial charge < -0.3 is 15.2 Å². The summed E-state index contributed by atoms with van der Waals surface area (Å²) in [7, 11) is 0. The lowest BCUT2D eigenvalue weighted by atomic mass is 10.1. The summed E-state index contributed by atoms with van der Waals surface area (Å²) in [4.78, 5) is 23.8. The molecule has 28 heavy (non-hydrogen) atoms. The summed E-state index contributed by atoms with van der Waals surface area (Å²) in [6, 6.07) is 9.80. The molecule has 3 N–H and O–H groups in total. The monoisotopic (exact) mass is 401 g/mol. The number of hydrazone groups is 1. The van der Waals surface area contributed by atoms with Crippen molar-refractivity contribution in [3.63, 3.8) is 0 Å². The minimum absolute atomic E-state index is 0.0297. The zero-order chi connectivity index (χ0) is 20.5. The van der Waals surface area contributed by atoms with E-state index in [0.717, 1.165) is 0 Å². The van der Waals surface area contributed by atoms with Crippen molar-refractivity contribution in [2.24, 2.45) is 5.10 Å². The van der Waals surface area contributed by atoms with E-state index >= 15 is 0 Å². The number of aromatic hydroxyl groups is 1. The van der Waals surface area contributed by atoms with E-state index in [0.29, 0.717) is 40.6 Å². The standard InChI is InChI=1S/C20H20ClN3O4/c1-3-7-14-10-13(11-17(18(14)25)28-4-2)12-22-24-20(27)19(26)23-16-9-6-5-8-15(16)21/h3,5-6,8-12,25H,1,4,7H2,2H3,(H,23,26)(H,24,27)/b22-12+. The van der Waals surface area contributed by atoms with Gasteiger partial charge in [0.1, 0.15) is 0 Å². The number of rotatable bonds is 7. The summed E-state index contributed by atoms with van der Waals surface area (Å²) < 4.78 is 5.40. The molecule has 2 rings (SSSR count). The number of nitrogens with one attached hydrogen (secondary N) is 2. The third-order valence-corrected chi connectivity index (χ3v) is 3.88. The first-order chi connectivity index (χ1) is 13.5. The molecule has 0 saturated heterocycles. The van der Waals surface area contributed by atoms with Crippen LogP contribution < -0.4 is 15.5 Å². The second-order valence-electron chi connectivity index (χ2n) is 5.59. The number of carbonyl (C=O) groups is 2. The van der Waals surface area contributed by atoms with E-state index in [1.807, 2.05) is 0 Å². The molecule has 0 aliphatic rings. The highest BCUT2D eigenvalue weighted by molar-refractivity contribution is 6.41. The van der Waals surface area contributed by atoms with Gasteiger partial charge in [-0.25, -0.2) is 5.43 Å². The summed E-state index contributed by atoms with van der Waals surface area (Å²) in [6.07, 6.45) is 3.42. The number of carbonyl (C=O) groups excluding carboxylic acids is 2. The van der Waals surface area contributed by atoms with Crippen molar-refractivity contribution >= 4 is 35.3 Å². The van der Waals surface area contributed by atoms with Crippen LogP contribution >= 0.6 is 11.6 Å². The molecule has 0 bridgehead atoms. The highest BCUT2D eigenvalue weighted by Gasteiger charge is 2.14. The van der Waals surface area contributed by atoms with Crippen LogP contribution in [0.5, 0.6) is 11.5 Å². The van der Waals surface area contributed by atoms with Gasteiger partial charge in [-0.05, 0) is 43.2 Å². The maximum absolute atomic E-state index is 11.9. The van der Waals surface area contributed by atoms with E-state index in [1.54, 1.807) is 49.4 Å². The minimum atomic E-state index is -0.953. The lowest BCUT2D eigenvalue weighted by Gasteiger charge is -2.10. The molecule has 0 aliphatic carbocycles. The highest BCUT2D eigenvalue weighted by atomic mass is 35.5. The van der Waals surface area contributed by atoms with E-state index in [2.05, 4.69) is 22.4 Å². The van der Waals surface area contributed by atoms with Crippen molar-refractivity contribution in [1.29, 1.82) is 0 Å². The molecule has 0 aliphatic heterocycles. The Morgan fingerprint density at radius 3 is 2.71 bits per heavy atom. The smallest absolute Gasteiger partial charge is 0.329 e. The van der Waals surface area contributed by atoms with Gasteiger partial charge in [0.05, 0.1) is 23.5 Å². The van der Waals surface area contributed by atoms with Crippen LogP contribution in [-0.2, 0) is 16.0 Å². The average Bonchev–Trinajstić information content (AvgIpc) is 2.67. The number of ether oxygens (including phenoxy) is 1. The fourth-order valence-corrected chi connectivity index (χ4v) is 2.48. The van der Waals surface area contributed by atoms with Crippen LogP contribution in [0, 0.1) is 0 Å². The number of anilines is 1. The van der Waals surface area contributed by atoms with E-state index in [4.69, 9.17) is 16.3 Å². The SMILES string of the molecule is C=CCc1cc(/C=N/NC(=O)C(=O)Nc2ccccc2Cl)cc(OCC)c1O. The zero-order valence-electron chi connectivity index (χ0n) is 15.2. The molecule has 0 radical (unpaired) electrons. The zero-order valence-corrected chi connectivity index (χ0v) is 16.0. The number of benzene rings is 2. The Hall–Kier alpha value is -3.32. The van der Waals surface area contributed by atoms with E-state index in [1.165, 1.54) is 6.21 Å². The molecule has 0 heterocycles. The van der Waals surface area contributed by atoms with Crippen molar-refractivity contribution in [1.82, 2.24) is 5.43 Å². The molecule has 0 atom stereocenters. The molecule has 146 valence electrons. The average molecular weight is 402 g/mol. The summed E-state index contributed by atoms with van der Waals surface area (Å²) in [5.41, 5.74) is 3.64. The Labute approximate surface area is 167 Å². The maximum Gasteiger partial charge on any atom is 0.329 e. The van der Waals surface area contributed by atoms with Gasteiger partial charge in [0.25, 0.3) is 0 Å². The van der Waals surface area contributed by atoms with Crippen LogP contribution in [0.3, 0.4) is 0 Å². The van der Waals surface area contributed by atoms with Crippen molar-refractivity contribution in [3.05, 3.63) is 65.2 Å². The molecule has 0 saturated carbocycles. The van der Waals surface area contributed by atoms with E-state index < -0.39 is 11.8 Å². The van der Waals surface area contributed by atoms with Crippen LogP contribution in [0.25, 0.3) is 0 Å². The number of phenols is 1. The number of para-hydroxylation sites is 1. The lowest BCUT2D eigenvalue weighted by Crippen LogP contribution is -2.32. The van der Waals surface area contributed by atoms with Crippen LogP contribution in [0.15, 0.2) is 54.2 Å². The quantitative estimate of drug-likeness (QED) is 0.287. The maximum atomic E-state index is 11.9. The Bertz CT molecular complexity index is 912. The van der Waals surface area contributed by atoms with Gasteiger partial charge in [0, 0.05) is 5.56 Å². The number of halogens is 1. The normalized spacial score (nSPS) is 10.5. The Kier molecular flexibility index (Phi) is 7.59. The molecule has 8 heteroatoms. The number of amides is 2. The second kappa shape index (κ2) is 10.1. The molecule has 0 aromatic heterocycles. The molecule has 2 aromatic carbocycles. The van der Waals surface area contributed by atoms with Crippen LogP contribution in [0.4, 0.5) is 5.69 Å². The van der Waals surface area contributed by atoms with Gasteiger partial charge in [0.2, 0.25) is 0 Å². The number of nitrogens with zero attached hydrogens (tertiary/aromatic N) is 1. The summed E-state index contributed by atoms with van der Waals surface area (Å²) in [5.74, 6) is -1.53. The Balaban J connectivity index is 2.06. The first-order valence-corrected chi connectivity index (χ1v) is 8.82. The molecule has 0 spiro atoms. The molecule has 2 aromatic rings. The largest absolute Gasteiger partial charge is 0.504 e. The van der Waals surface area contributed by atoms with Crippen LogP contribution in [-0.4, -0.2) is 29.7 Å². The van der Waals surface area contributed by atoms with E-state index in [9.17, 15) is 14.7 Å². The van der Waals surface area contributed by atoms with Gasteiger partial charge in [0.15, 0.2) is 11.5 Å². The summed E-state index contributed by atoms with van der Waals surface area (Å²) in [5, 5.41) is 16.7. The van der Waals surface area contributed by atoms with E-state index in [-0.39, 0.29) is 5.75 Å². The van der Waals surface area contributed by atoms with Gasteiger partial charge in [-0.2, -0.15) is 5.10 Å². The summed E-state index contributed by atoms with van der Waals surface area (Å²) >= 11 is 5.94. The second-order valence-corrected chi connectivity index (χ2v) is 5.99. The van der Waals surface area contributed by atoms with Crippen molar-refractivity contribution < 1.29 is 19.4 Å². The highest BCUT2D eigenvalue weighted by Crippen LogP contribution is 2.31.